The van der Waals surface area contributed by atoms with Gasteiger partial charge in [0.25, 0.3) is 0 Å². The van der Waals surface area contributed by atoms with Gasteiger partial charge < -0.3 is 9.69 Å². The third kappa shape index (κ3) is 3.88. The lowest BCUT2D eigenvalue weighted by Gasteiger charge is -2.29. The highest BCUT2D eigenvalue weighted by Crippen LogP contribution is 2.34. The molecule has 128 valence electrons. The van der Waals surface area contributed by atoms with Gasteiger partial charge in [0.1, 0.15) is 12.1 Å². The largest absolute Gasteiger partial charge is 0.302 e. The Hall–Kier alpha value is -2.07. The van der Waals surface area contributed by atoms with Crippen molar-refractivity contribution in [3.05, 3.63) is 47.5 Å². The van der Waals surface area contributed by atoms with Gasteiger partial charge in [0.15, 0.2) is 5.78 Å². The van der Waals surface area contributed by atoms with Crippen LogP contribution < -0.4 is 0 Å². The van der Waals surface area contributed by atoms with E-state index in [4.69, 9.17) is 0 Å². The van der Waals surface area contributed by atoms with Crippen molar-refractivity contribution in [2.24, 2.45) is 5.41 Å². The summed E-state index contributed by atoms with van der Waals surface area (Å²) in [6.07, 6.45) is 2.34. The standard InChI is InChI=1S/C10H13N.C10H12O3/c1-11-7-6-9-4-2-3-5-10(9)8-11;1-3-10(6-11)5-8(12)4-7(2)9(10)13/h2-5H,6-8H2,1H3;6H,2-5H2,1H3. The Balaban J connectivity index is 0.000000175. The molecule has 24 heavy (non-hydrogen) atoms. The molecule has 0 amide bonds. The van der Waals surface area contributed by atoms with Crippen molar-refractivity contribution in [3.8, 4) is 0 Å². The topological polar surface area (TPSA) is 54.5 Å². The zero-order chi connectivity index (χ0) is 17.7. The molecule has 1 aliphatic heterocycles. The summed E-state index contributed by atoms with van der Waals surface area (Å²) in [5.41, 5.74) is 2.20. The van der Waals surface area contributed by atoms with E-state index in [9.17, 15) is 14.4 Å². The van der Waals surface area contributed by atoms with Crippen LogP contribution in [0.5, 0.6) is 0 Å². The number of rotatable bonds is 2. The quantitative estimate of drug-likeness (QED) is 0.476. The molecule has 1 saturated carbocycles. The Morgan fingerprint density at radius 1 is 1.25 bits per heavy atom. The van der Waals surface area contributed by atoms with E-state index in [0.717, 1.165) is 6.54 Å². The first-order chi connectivity index (χ1) is 11.4. The second-order valence-corrected chi connectivity index (χ2v) is 6.71. The molecule has 1 unspecified atom stereocenters. The van der Waals surface area contributed by atoms with Crippen LogP contribution in [0, 0.1) is 5.41 Å². The molecule has 0 spiro atoms. The number of ketones is 2. The van der Waals surface area contributed by atoms with Gasteiger partial charge in [-0.25, -0.2) is 0 Å². The highest BCUT2D eigenvalue weighted by Gasteiger charge is 2.43. The number of benzene rings is 1. The van der Waals surface area contributed by atoms with Crippen LogP contribution in [-0.2, 0) is 27.3 Å². The van der Waals surface area contributed by atoms with Crippen LogP contribution >= 0.6 is 0 Å². The number of nitrogens with zero attached hydrogens (tertiary/aromatic N) is 1. The minimum Gasteiger partial charge on any atom is -0.302 e. The maximum atomic E-state index is 11.6. The predicted octanol–water partition coefficient (Wildman–Crippen LogP) is 2.74. The third-order valence-electron chi connectivity index (χ3n) is 4.87. The smallest absolute Gasteiger partial charge is 0.172 e. The van der Waals surface area contributed by atoms with Crippen molar-refractivity contribution in [2.45, 2.75) is 39.2 Å². The van der Waals surface area contributed by atoms with Crippen molar-refractivity contribution in [3.63, 3.8) is 0 Å². The van der Waals surface area contributed by atoms with Crippen molar-refractivity contribution < 1.29 is 14.4 Å². The fourth-order valence-electron chi connectivity index (χ4n) is 3.27. The molecule has 0 N–H and O–H groups in total. The molecule has 3 rings (SSSR count). The first-order valence-electron chi connectivity index (χ1n) is 8.38. The summed E-state index contributed by atoms with van der Waals surface area (Å²) in [5, 5.41) is 0. The Morgan fingerprint density at radius 2 is 1.92 bits per heavy atom. The lowest BCUT2D eigenvalue weighted by Crippen LogP contribution is -2.40. The van der Waals surface area contributed by atoms with Gasteiger partial charge in [0, 0.05) is 25.9 Å². The molecule has 1 aromatic carbocycles. The van der Waals surface area contributed by atoms with E-state index >= 15 is 0 Å². The second kappa shape index (κ2) is 7.67. The third-order valence-corrected chi connectivity index (χ3v) is 4.87. The summed E-state index contributed by atoms with van der Waals surface area (Å²) in [6.45, 7) is 7.57. The molecule has 0 radical (unpaired) electrons. The Labute approximate surface area is 143 Å². The van der Waals surface area contributed by atoms with Crippen molar-refractivity contribution in [1.29, 1.82) is 0 Å². The van der Waals surface area contributed by atoms with Crippen LogP contribution in [0.2, 0.25) is 0 Å². The van der Waals surface area contributed by atoms with Gasteiger partial charge in [-0.2, -0.15) is 0 Å². The summed E-state index contributed by atoms with van der Waals surface area (Å²) in [5.74, 6) is -0.330. The molecule has 4 nitrogen and oxygen atoms in total. The summed E-state index contributed by atoms with van der Waals surface area (Å²) < 4.78 is 0. The molecule has 1 aliphatic carbocycles. The van der Waals surface area contributed by atoms with Crippen LogP contribution in [0.25, 0.3) is 0 Å². The molecule has 4 heteroatoms. The van der Waals surface area contributed by atoms with Crippen LogP contribution in [0.15, 0.2) is 36.4 Å². The van der Waals surface area contributed by atoms with E-state index in [2.05, 4.69) is 42.8 Å². The Bertz CT molecular complexity index is 665. The molecular weight excluding hydrogens is 302 g/mol. The lowest BCUT2D eigenvalue weighted by atomic mass is 9.70. The monoisotopic (exact) mass is 327 g/mol. The van der Waals surface area contributed by atoms with Gasteiger partial charge in [-0.3, -0.25) is 9.59 Å². The number of hydrogen-bond donors (Lipinski definition) is 0. The average molecular weight is 327 g/mol. The van der Waals surface area contributed by atoms with Crippen LogP contribution in [0.1, 0.15) is 37.3 Å². The molecule has 0 saturated heterocycles. The number of hydrogen-bond acceptors (Lipinski definition) is 4. The zero-order valence-corrected chi connectivity index (χ0v) is 14.5. The van der Waals surface area contributed by atoms with Crippen LogP contribution in [-0.4, -0.2) is 36.3 Å². The van der Waals surface area contributed by atoms with E-state index in [1.54, 1.807) is 6.92 Å². The van der Waals surface area contributed by atoms with Crippen molar-refractivity contribution in [2.75, 3.05) is 13.6 Å². The highest BCUT2D eigenvalue weighted by molar-refractivity contribution is 6.15. The van der Waals surface area contributed by atoms with E-state index in [-0.39, 0.29) is 30.0 Å². The lowest BCUT2D eigenvalue weighted by molar-refractivity contribution is -0.140. The summed E-state index contributed by atoms with van der Waals surface area (Å²) in [7, 11) is 2.18. The zero-order valence-electron chi connectivity index (χ0n) is 14.5. The summed E-state index contributed by atoms with van der Waals surface area (Å²) >= 11 is 0. The van der Waals surface area contributed by atoms with Gasteiger partial charge in [0.2, 0.25) is 0 Å². The van der Waals surface area contributed by atoms with Crippen LogP contribution in [0.3, 0.4) is 0 Å². The molecular formula is C20H25NO3. The van der Waals surface area contributed by atoms with E-state index in [1.165, 1.54) is 24.1 Å². The molecule has 1 heterocycles. The van der Waals surface area contributed by atoms with E-state index < -0.39 is 5.41 Å². The summed E-state index contributed by atoms with van der Waals surface area (Å²) in [4.78, 5) is 35.9. The Kier molecular flexibility index (Phi) is 5.84. The van der Waals surface area contributed by atoms with E-state index in [0.29, 0.717) is 12.7 Å². The van der Waals surface area contributed by atoms with Crippen molar-refractivity contribution >= 4 is 17.9 Å². The molecule has 0 bridgehead atoms. The fourth-order valence-corrected chi connectivity index (χ4v) is 3.27. The Morgan fingerprint density at radius 3 is 2.54 bits per heavy atom. The fraction of sp³-hybridized carbons (Fsp3) is 0.450. The van der Waals surface area contributed by atoms with Gasteiger partial charge in [-0.05, 0) is 36.6 Å². The van der Waals surface area contributed by atoms with Gasteiger partial charge >= 0.3 is 0 Å². The van der Waals surface area contributed by atoms with Crippen molar-refractivity contribution in [1.82, 2.24) is 4.90 Å². The molecule has 1 fully saturated rings. The van der Waals surface area contributed by atoms with Gasteiger partial charge in [-0.15, -0.1) is 0 Å². The summed E-state index contributed by atoms with van der Waals surface area (Å²) in [6, 6.07) is 8.72. The number of carbonyl (C=O) groups is 3. The number of Topliss-reactive ketones (excluding diaryl/α,β-unsaturated/α-hetero) is 2. The SMILES string of the molecule is C=C1CC(=O)CC(C=O)(CC)C1=O.CN1CCc2ccccc2C1. The van der Waals surface area contributed by atoms with Crippen LogP contribution in [0.4, 0.5) is 0 Å². The predicted molar refractivity (Wildman–Crippen MR) is 93.7 cm³/mol. The minimum absolute atomic E-state index is 0.0465. The number of carbonyl (C=O) groups excluding carboxylic acids is 3. The maximum absolute atomic E-state index is 11.6. The molecule has 2 aliphatic rings. The first kappa shape index (κ1) is 18.3. The maximum Gasteiger partial charge on any atom is 0.172 e. The number of allylic oxidation sites excluding steroid dienone is 1. The van der Waals surface area contributed by atoms with Gasteiger partial charge in [-0.1, -0.05) is 37.8 Å². The molecule has 1 atom stereocenters. The molecule has 0 aromatic heterocycles. The number of likely N-dealkylation sites (N-methyl/N-ethyl adjacent to an activating group) is 1. The second-order valence-electron chi connectivity index (χ2n) is 6.71. The number of fused-ring (bicyclic) bond motifs is 1. The van der Waals surface area contributed by atoms with E-state index in [1.807, 2.05) is 0 Å². The van der Waals surface area contributed by atoms with Gasteiger partial charge in [0.05, 0.1) is 5.41 Å². The number of aldehydes is 1. The molecule has 1 aromatic rings. The first-order valence-corrected chi connectivity index (χ1v) is 8.38. The average Bonchev–Trinajstić information content (AvgIpc) is 2.58. The highest BCUT2D eigenvalue weighted by atomic mass is 16.2. The minimum atomic E-state index is -1.10. The normalized spacial score (nSPS) is 24.0.